The van der Waals surface area contributed by atoms with Gasteiger partial charge in [0, 0.05) is 6.42 Å². The molecule has 0 aliphatic carbocycles. The third-order valence-corrected chi connectivity index (χ3v) is 1.94. The minimum absolute atomic E-state index is 0.0869. The number of hydrogen-bond acceptors (Lipinski definition) is 3. The van der Waals surface area contributed by atoms with E-state index in [1.807, 2.05) is 18.2 Å². The number of fused-ring (bicyclic) bond motifs is 1. The first kappa shape index (κ1) is 8.94. The molecule has 0 saturated carbocycles. The lowest BCUT2D eigenvalue weighted by atomic mass is 10.2. The molecule has 0 spiro atoms. The molecule has 0 bridgehead atoms. The van der Waals surface area contributed by atoms with Gasteiger partial charge in [0.15, 0.2) is 5.58 Å². The summed E-state index contributed by atoms with van der Waals surface area (Å²) in [6.45, 7) is 3.61. The zero-order valence-corrected chi connectivity index (χ0v) is 7.69. The van der Waals surface area contributed by atoms with Crippen LogP contribution >= 0.6 is 0 Å². The molecule has 1 aromatic heterocycles. The number of hydrogen-bond donors (Lipinski definition) is 0. The Hall–Kier alpha value is -1.64. The van der Waals surface area contributed by atoms with Crippen molar-refractivity contribution >= 4 is 16.9 Å². The van der Waals surface area contributed by atoms with Crippen LogP contribution in [0.1, 0.15) is 23.5 Å². The smallest absolute Gasteiger partial charge is 0.264 e. The van der Waals surface area contributed by atoms with E-state index in [1.165, 1.54) is 0 Å². The summed E-state index contributed by atoms with van der Waals surface area (Å²) in [5, 5.41) is 0. The fourth-order valence-corrected chi connectivity index (χ4v) is 1.26. The minimum atomic E-state index is -0.0869. The van der Waals surface area contributed by atoms with E-state index in [0.717, 1.165) is 5.52 Å². The second kappa shape index (κ2) is 3.62. The largest absolute Gasteiger partial charge is 0.434 e. The maximum absolute atomic E-state index is 11.4. The van der Waals surface area contributed by atoms with Crippen LogP contribution in [0.3, 0.4) is 0 Å². The van der Waals surface area contributed by atoms with E-state index < -0.39 is 0 Å². The highest BCUT2D eigenvalue weighted by Gasteiger charge is 2.12. The van der Waals surface area contributed by atoms with E-state index in [0.29, 0.717) is 18.4 Å². The summed E-state index contributed by atoms with van der Waals surface area (Å²) in [7, 11) is 0. The molecule has 0 atom stereocenters. The van der Waals surface area contributed by atoms with Gasteiger partial charge < -0.3 is 4.42 Å². The SMILES string of the molecule is [CH2]CCC(=O)c1nc2ccccc2o1. The molecule has 3 heteroatoms. The van der Waals surface area contributed by atoms with Crippen molar-refractivity contribution in [3.05, 3.63) is 37.1 Å². The van der Waals surface area contributed by atoms with Crippen molar-refractivity contribution in [3.63, 3.8) is 0 Å². The molecule has 0 N–H and O–H groups in total. The third kappa shape index (κ3) is 1.53. The highest BCUT2D eigenvalue weighted by molar-refractivity contribution is 5.94. The number of aromatic nitrogens is 1. The second-order valence-corrected chi connectivity index (χ2v) is 3.01. The van der Waals surface area contributed by atoms with Gasteiger partial charge in [0.2, 0.25) is 5.78 Å². The van der Waals surface area contributed by atoms with Crippen LogP contribution in [0.4, 0.5) is 0 Å². The number of rotatable bonds is 3. The molecule has 2 aromatic rings. The molecule has 1 radical (unpaired) electrons. The molecule has 0 aliphatic rings. The van der Waals surface area contributed by atoms with E-state index >= 15 is 0 Å². The zero-order valence-electron chi connectivity index (χ0n) is 7.69. The molecule has 1 aromatic carbocycles. The highest BCUT2D eigenvalue weighted by Crippen LogP contribution is 2.15. The van der Waals surface area contributed by atoms with Crippen molar-refractivity contribution in [2.75, 3.05) is 0 Å². The Kier molecular flexibility index (Phi) is 2.31. The summed E-state index contributed by atoms with van der Waals surface area (Å²) >= 11 is 0. The van der Waals surface area contributed by atoms with Crippen LogP contribution in [0.25, 0.3) is 11.1 Å². The van der Waals surface area contributed by atoms with Gasteiger partial charge in [-0.05, 0) is 18.6 Å². The quantitative estimate of drug-likeness (QED) is 0.695. The lowest BCUT2D eigenvalue weighted by Crippen LogP contribution is -1.97. The van der Waals surface area contributed by atoms with Gasteiger partial charge in [-0.15, -0.1) is 0 Å². The van der Waals surface area contributed by atoms with Crippen LogP contribution in [0.2, 0.25) is 0 Å². The van der Waals surface area contributed by atoms with Gasteiger partial charge in [-0.3, -0.25) is 4.79 Å². The lowest BCUT2D eigenvalue weighted by molar-refractivity contribution is 0.0952. The predicted octanol–water partition coefficient (Wildman–Crippen LogP) is 2.62. The number of ketones is 1. The lowest BCUT2D eigenvalue weighted by Gasteiger charge is -1.89. The van der Waals surface area contributed by atoms with Crippen molar-refractivity contribution in [2.24, 2.45) is 0 Å². The third-order valence-electron chi connectivity index (χ3n) is 1.94. The summed E-state index contributed by atoms with van der Waals surface area (Å²) in [5.41, 5.74) is 1.37. The molecule has 14 heavy (non-hydrogen) atoms. The number of nitrogens with zero attached hydrogens (tertiary/aromatic N) is 1. The summed E-state index contributed by atoms with van der Waals surface area (Å²) in [4.78, 5) is 15.5. The average molecular weight is 188 g/mol. The molecule has 0 unspecified atom stereocenters. The molecule has 0 amide bonds. The molecule has 0 saturated heterocycles. The van der Waals surface area contributed by atoms with Crippen molar-refractivity contribution in [1.29, 1.82) is 0 Å². The standard InChI is InChI=1S/C11H10NO2/c1-2-5-9(13)11-12-8-6-3-4-7-10(8)14-11/h3-4,6-7H,1-2,5H2. The molecule has 71 valence electrons. The van der Waals surface area contributed by atoms with Crippen molar-refractivity contribution < 1.29 is 9.21 Å². The van der Waals surface area contributed by atoms with E-state index in [-0.39, 0.29) is 11.7 Å². The Morgan fingerprint density at radius 1 is 1.43 bits per heavy atom. The van der Waals surface area contributed by atoms with Crippen LogP contribution in [-0.2, 0) is 0 Å². The molecular weight excluding hydrogens is 178 g/mol. The summed E-state index contributed by atoms with van der Waals surface area (Å²) in [5.74, 6) is 0.103. The summed E-state index contributed by atoms with van der Waals surface area (Å²) in [6.07, 6.45) is 0.949. The van der Waals surface area contributed by atoms with Gasteiger partial charge >= 0.3 is 0 Å². The molecule has 2 rings (SSSR count). The Morgan fingerprint density at radius 3 is 2.93 bits per heavy atom. The average Bonchev–Trinajstić information content (AvgIpc) is 2.61. The van der Waals surface area contributed by atoms with Gasteiger partial charge in [0.1, 0.15) is 5.52 Å². The first-order valence-corrected chi connectivity index (χ1v) is 4.49. The number of carbonyl (C=O) groups excluding carboxylic acids is 1. The fourth-order valence-electron chi connectivity index (χ4n) is 1.26. The van der Waals surface area contributed by atoms with Gasteiger partial charge in [-0.25, -0.2) is 4.98 Å². The van der Waals surface area contributed by atoms with E-state index in [9.17, 15) is 4.79 Å². The second-order valence-electron chi connectivity index (χ2n) is 3.01. The summed E-state index contributed by atoms with van der Waals surface area (Å²) < 4.78 is 5.29. The number of Topliss-reactive ketones (excluding diaryl/α,β-unsaturated/α-hetero) is 1. The Balaban J connectivity index is 2.40. The molecule has 0 aliphatic heterocycles. The fraction of sp³-hybridized carbons (Fsp3) is 0.182. The highest BCUT2D eigenvalue weighted by atomic mass is 16.4. The minimum Gasteiger partial charge on any atom is -0.434 e. The number of benzene rings is 1. The van der Waals surface area contributed by atoms with Crippen LogP contribution in [-0.4, -0.2) is 10.8 Å². The van der Waals surface area contributed by atoms with Crippen LogP contribution < -0.4 is 0 Å². The van der Waals surface area contributed by atoms with E-state index in [2.05, 4.69) is 11.9 Å². The predicted molar refractivity (Wildman–Crippen MR) is 52.9 cm³/mol. The number of para-hydroxylation sites is 2. The van der Waals surface area contributed by atoms with Gasteiger partial charge in [0.05, 0.1) is 0 Å². The summed E-state index contributed by atoms with van der Waals surface area (Å²) in [6, 6.07) is 7.33. The molecule has 1 heterocycles. The van der Waals surface area contributed by atoms with Gasteiger partial charge in [-0.1, -0.05) is 19.1 Å². The number of carbonyl (C=O) groups is 1. The zero-order chi connectivity index (χ0) is 9.97. The first-order valence-electron chi connectivity index (χ1n) is 4.49. The van der Waals surface area contributed by atoms with Gasteiger partial charge in [0.25, 0.3) is 5.89 Å². The van der Waals surface area contributed by atoms with Crippen LogP contribution in [0.5, 0.6) is 0 Å². The maximum Gasteiger partial charge on any atom is 0.264 e. The normalized spacial score (nSPS) is 10.6. The van der Waals surface area contributed by atoms with Crippen LogP contribution in [0, 0.1) is 6.92 Å². The molecular formula is C11H10NO2. The van der Waals surface area contributed by atoms with E-state index in [4.69, 9.17) is 4.42 Å². The Bertz CT molecular complexity index is 426. The topological polar surface area (TPSA) is 43.1 Å². The first-order chi connectivity index (χ1) is 6.81. The number of oxazole rings is 1. The Morgan fingerprint density at radius 2 is 2.21 bits per heavy atom. The van der Waals surface area contributed by atoms with Gasteiger partial charge in [-0.2, -0.15) is 0 Å². The van der Waals surface area contributed by atoms with Crippen LogP contribution in [0.15, 0.2) is 28.7 Å². The molecule has 3 nitrogen and oxygen atoms in total. The monoisotopic (exact) mass is 188 g/mol. The van der Waals surface area contributed by atoms with E-state index in [1.54, 1.807) is 6.07 Å². The maximum atomic E-state index is 11.4. The molecule has 0 fully saturated rings. The Labute approximate surface area is 81.7 Å². The van der Waals surface area contributed by atoms with Crippen molar-refractivity contribution in [3.8, 4) is 0 Å². The van der Waals surface area contributed by atoms with Crippen molar-refractivity contribution in [1.82, 2.24) is 4.98 Å². The van der Waals surface area contributed by atoms with Crippen molar-refractivity contribution in [2.45, 2.75) is 12.8 Å².